The largest absolute Gasteiger partial charge is 0.478 e. The molecule has 5 rings (SSSR count). The Labute approximate surface area is 379 Å². The molecule has 1 aliphatic rings. The zero-order valence-electron chi connectivity index (χ0n) is 36.8. The van der Waals surface area contributed by atoms with Gasteiger partial charge in [0.2, 0.25) is 0 Å². The minimum atomic E-state index is -3.35. The number of halogens is 1. The summed E-state index contributed by atoms with van der Waals surface area (Å²) in [5.74, 6) is -2.39. The molecule has 1 saturated heterocycles. The molecule has 0 radical (unpaired) electrons. The summed E-state index contributed by atoms with van der Waals surface area (Å²) < 4.78 is 99.4. The van der Waals surface area contributed by atoms with E-state index in [-0.39, 0.29) is 47.2 Å². The summed E-state index contributed by atoms with van der Waals surface area (Å²) in [4.78, 5) is 50.1. The molecule has 0 aliphatic carbocycles. The Bertz CT molecular complexity index is 2760. The third-order valence-electron chi connectivity index (χ3n) is 9.34. The lowest BCUT2D eigenvalue weighted by atomic mass is 10.1. The summed E-state index contributed by atoms with van der Waals surface area (Å²) in [6.07, 6.45) is 4.35. The lowest BCUT2D eigenvalue weighted by Gasteiger charge is -2.32. The first-order valence-electron chi connectivity index (χ1n) is 18.6. The first-order chi connectivity index (χ1) is 29.3. The van der Waals surface area contributed by atoms with E-state index in [1.807, 2.05) is 14.0 Å². The molecule has 0 unspecified atom stereocenters. The van der Waals surface area contributed by atoms with E-state index in [9.17, 15) is 52.8 Å². The molecule has 1 N–H and O–H groups in total. The number of ether oxygens (including phenoxy) is 2. The summed E-state index contributed by atoms with van der Waals surface area (Å²) in [6, 6.07) is 17.1. The summed E-state index contributed by atoms with van der Waals surface area (Å²) in [5, 5.41) is 8.92. The molecule has 4 aromatic carbocycles. The molecule has 1 amide bonds. The van der Waals surface area contributed by atoms with Crippen molar-refractivity contribution in [3.8, 4) is 0 Å². The third-order valence-corrected chi connectivity index (χ3v) is 14.1. The number of amides is 1. The molecule has 0 saturated carbocycles. The highest BCUT2D eigenvalue weighted by Gasteiger charge is 2.23. The van der Waals surface area contributed by atoms with Crippen molar-refractivity contribution in [2.45, 2.75) is 40.4 Å². The van der Waals surface area contributed by atoms with Crippen LogP contribution in [0.25, 0.3) is 0 Å². The predicted molar refractivity (Wildman–Crippen MR) is 240 cm³/mol. The number of benzene rings is 4. The molecule has 0 atom stereocenters. The average molecular weight is 988 g/mol. The fourth-order valence-corrected chi connectivity index (χ4v) is 8.25. The number of hydrogen-bond donors (Lipinski definition) is 1. The number of esters is 2. The van der Waals surface area contributed by atoms with E-state index in [1.54, 1.807) is 36.9 Å². The Morgan fingerprint density at radius 1 is 0.516 bits per heavy atom. The van der Waals surface area contributed by atoms with E-state index in [0.29, 0.717) is 29.8 Å². The lowest BCUT2D eigenvalue weighted by molar-refractivity contribution is 0.0591. The van der Waals surface area contributed by atoms with Gasteiger partial charge in [-0.25, -0.2) is 48.1 Å². The Hall–Kier alpha value is -5.19. The standard InChI is InChI=1S/C14H20N2O3S.C10H12O4S.C9H9ClO4S.C9H10O4S/c1-11-4-5-12(20(3,18)19)10-13(11)14(17)16-8-6-15(2)7-9-16;1-7-4-5-8(15(3,12)13)6-9(7)10(11)14-2;1-14-9(11)7-5-6(15(2,12)13)3-4-8(7)10;1-6-3-4-7(14(2,12)13)5-8(6)9(10)11/h4-5,10H,6-9H2,1-3H3;4-6H,1-3H3;3-5H,1-2H3;3-5H,1-2H3,(H,10,11). The highest BCUT2D eigenvalue weighted by Crippen LogP contribution is 2.22. The van der Waals surface area contributed by atoms with Crippen LogP contribution < -0.4 is 0 Å². The van der Waals surface area contributed by atoms with Crippen molar-refractivity contribution >= 4 is 74.8 Å². The monoisotopic (exact) mass is 986 g/mol. The molecule has 1 fully saturated rings. The van der Waals surface area contributed by atoms with Crippen LogP contribution in [0.1, 0.15) is 58.1 Å². The number of piperazine rings is 1. The second kappa shape index (κ2) is 22.6. The average Bonchev–Trinajstić information content (AvgIpc) is 3.20. The van der Waals surface area contributed by atoms with Gasteiger partial charge in [-0.2, -0.15) is 0 Å². The second-order valence-electron chi connectivity index (χ2n) is 14.5. The van der Waals surface area contributed by atoms with Crippen LogP contribution in [0.15, 0.2) is 92.4 Å². The topological polar surface area (TPSA) is 250 Å². The Kier molecular flexibility index (Phi) is 19.4. The first-order valence-corrected chi connectivity index (χ1v) is 26.6. The molecule has 350 valence electrons. The summed E-state index contributed by atoms with van der Waals surface area (Å²) in [5.41, 5.74) is 2.87. The van der Waals surface area contributed by atoms with E-state index in [1.165, 1.54) is 68.8 Å². The van der Waals surface area contributed by atoms with Crippen LogP contribution in [0.3, 0.4) is 0 Å². The number of hydrogen-bond acceptors (Lipinski definition) is 15. The number of rotatable bonds is 8. The lowest BCUT2D eigenvalue weighted by Crippen LogP contribution is -2.47. The van der Waals surface area contributed by atoms with Crippen LogP contribution in [0.5, 0.6) is 0 Å². The molecular weight excluding hydrogens is 936 g/mol. The van der Waals surface area contributed by atoms with Gasteiger partial charge in [0.05, 0.1) is 55.5 Å². The number of sulfone groups is 4. The zero-order valence-corrected chi connectivity index (χ0v) is 40.8. The van der Waals surface area contributed by atoms with Gasteiger partial charge in [0.1, 0.15) is 0 Å². The zero-order chi connectivity index (χ0) is 49.1. The first kappa shape index (κ1) is 54.9. The van der Waals surface area contributed by atoms with Gasteiger partial charge in [-0.15, -0.1) is 0 Å². The van der Waals surface area contributed by atoms with Gasteiger partial charge in [0.15, 0.2) is 39.3 Å². The molecule has 0 aromatic heterocycles. The number of carboxylic acids is 1. The number of carbonyl (C=O) groups excluding carboxylic acids is 3. The molecular formula is C42H51ClN2O15S4. The van der Waals surface area contributed by atoms with Crippen LogP contribution in [-0.4, -0.2) is 145 Å². The molecule has 4 aromatic rings. The SMILES string of the molecule is COC(=O)c1cc(S(C)(=O)=O)ccc1C.COC(=O)c1cc(S(C)(=O)=O)ccc1Cl.Cc1ccc(S(C)(=O)=O)cc1C(=O)N1CCN(C)CC1.Cc1ccc(S(C)(=O)=O)cc1C(=O)O. The van der Waals surface area contributed by atoms with E-state index < -0.39 is 57.3 Å². The van der Waals surface area contributed by atoms with Crippen molar-refractivity contribution in [2.75, 3.05) is 72.5 Å². The Morgan fingerprint density at radius 3 is 1.20 bits per heavy atom. The van der Waals surface area contributed by atoms with Gasteiger partial charge in [0.25, 0.3) is 5.91 Å². The number of methoxy groups -OCH3 is 2. The van der Waals surface area contributed by atoms with Gasteiger partial charge in [-0.05, 0) is 99.1 Å². The van der Waals surface area contributed by atoms with Gasteiger partial charge in [-0.3, -0.25) is 4.79 Å². The van der Waals surface area contributed by atoms with E-state index >= 15 is 0 Å². The fourth-order valence-electron chi connectivity index (χ4n) is 5.47. The number of likely N-dealkylation sites (N-methyl/N-ethyl adjacent to an activating group) is 1. The second-order valence-corrected chi connectivity index (χ2v) is 23.0. The van der Waals surface area contributed by atoms with E-state index in [4.69, 9.17) is 16.7 Å². The van der Waals surface area contributed by atoms with Crippen LogP contribution in [0.4, 0.5) is 0 Å². The van der Waals surface area contributed by atoms with Crippen molar-refractivity contribution in [1.29, 1.82) is 0 Å². The summed E-state index contributed by atoms with van der Waals surface area (Å²) in [6.45, 7) is 8.21. The normalized spacial score (nSPS) is 13.1. The number of aromatic carboxylic acids is 1. The van der Waals surface area contributed by atoms with Crippen molar-refractivity contribution in [2.24, 2.45) is 0 Å². The summed E-state index contributed by atoms with van der Waals surface area (Å²) in [7, 11) is -8.79. The van der Waals surface area contributed by atoms with E-state index in [0.717, 1.165) is 43.7 Å². The maximum Gasteiger partial charge on any atom is 0.339 e. The number of aryl methyl sites for hydroxylation is 3. The maximum absolute atomic E-state index is 12.5. The molecule has 1 heterocycles. The molecule has 0 bridgehead atoms. The maximum atomic E-state index is 12.5. The number of carboxylic acid groups (broad SMARTS) is 1. The van der Waals surface area contributed by atoms with Gasteiger partial charge < -0.3 is 24.4 Å². The van der Waals surface area contributed by atoms with Crippen LogP contribution in [0.2, 0.25) is 5.02 Å². The smallest absolute Gasteiger partial charge is 0.339 e. The van der Waals surface area contributed by atoms with Crippen molar-refractivity contribution < 1.29 is 67.4 Å². The van der Waals surface area contributed by atoms with Gasteiger partial charge in [-0.1, -0.05) is 29.8 Å². The Morgan fingerprint density at radius 2 is 0.828 bits per heavy atom. The van der Waals surface area contributed by atoms with Crippen LogP contribution >= 0.6 is 11.6 Å². The van der Waals surface area contributed by atoms with Crippen molar-refractivity contribution in [1.82, 2.24) is 9.80 Å². The van der Waals surface area contributed by atoms with Crippen molar-refractivity contribution in [3.05, 3.63) is 117 Å². The Balaban J connectivity index is 0.000000297. The van der Waals surface area contributed by atoms with Crippen LogP contribution in [0, 0.1) is 20.8 Å². The number of carbonyl (C=O) groups is 4. The van der Waals surface area contributed by atoms with Crippen LogP contribution in [-0.2, 0) is 48.8 Å². The van der Waals surface area contributed by atoms with Crippen molar-refractivity contribution in [3.63, 3.8) is 0 Å². The molecule has 0 spiro atoms. The summed E-state index contributed by atoms with van der Waals surface area (Å²) >= 11 is 5.72. The quantitative estimate of drug-likeness (QED) is 0.237. The number of nitrogens with zero attached hydrogens (tertiary/aromatic N) is 2. The molecule has 1 aliphatic heterocycles. The highest BCUT2D eigenvalue weighted by atomic mass is 35.5. The van der Waals surface area contributed by atoms with Gasteiger partial charge >= 0.3 is 17.9 Å². The molecule has 17 nitrogen and oxygen atoms in total. The fraction of sp³-hybridized carbons (Fsp3) is 0.333. The minimum Gasteiger partial charge on any atom is -0.478 e. The van der Waals surface area contributed by atoms with E-state index in [2.05, 4.69) is 14.4 Å². The minimum absolute atomic E-state index is 0.0212. The highest BCUT2D eigenvalue weighted by molar-refractivity contribution is 7.91. The predicted octanol–water partition coefficient (Wildman–Crippen LogP) is 4.60. The molecule has 22 heteroatoms. The third kappa shape index (κ3) is 16.1. The molecule has 64 heavy (non-hydrogen) atoms. The van der Waals surface area contributed by atoms with Gasteiger partial charge in [0, 0.05) is 56.8 Å².